The minimum Gasteiger partial charge on any atom is -0.298 e. The Hall–Kier alpha value is -2.12. The summed E-state index contributed by atoms with van der Waals surface area (Å²) in [6.07, 6.45) is 1.80. The molecule has 1 unspecified atom stereocenters. The van der Waals surface area contributed by atoms with Gasteiger partial charge < -0.3 is 0 Å². The number of carbonyl (C=O) groups excluding carboxylic acids is 1. The highest BCUT2D eigenvalue weighted by Crippen LogP contribution is 2.32. The zero-order chi connectivity index (χ0) is 22.2. The molecule has 2 aliphatic heterocycles. The number of benzene rings is 2. The van der Waals surface area contributed by atoms with E-state index in [1.54, 1.807) is 16.8 Å². The van der Waals surface area contributed by atoms with Gasteiger partial charge in [0.2, 0.25) is 0 Å². The van der Waals surface area contributed by atoms with Crippen molar-refractivity contribution >= 4 is 44.5 Å². The molecule has 2 aliphatic rings. The molecule has 162 valence electrons. The normalized spacial score (nSPS) is 18.0. The van der Waals surface area contributed by atoms with Gasteiger partial charge in [0.05, 0.1) is 5.36 Å². The molecule has 0 aromatic heterocycles. The number of amidine groups is 1. The fraction of sp³-hybridized carbons (Fsp3) is 0.375. The van der Waals surface area contributed by atoms with Gasteiger partial charge >= 0.3 is 0 Å². The minimum atomic E-state index is -0.384. The highest BCUT2D eigenvalue weighted by Gasteiger charge is 2.34. The summed E-state index contributed by atoms with van der Waals surface area (Å²) in [6, 6.07) is 14.3. The number of hydrazone groups is 1. The van der Waals surface area contributed by atoms with Gasteiger partial charge in [-0.15, -0.1) is 5.10 Å². The van der Waals surface area contributed by atoms with Crippen LogP contribution < -0.4 is 15.9 Å². The second-order valence-corrected chi connectivity index (χ2v) is 10.8. The number of halogens is 1. The van der Waals surface area contributed by atoms with E-state index in [1.165, 1.54) is 5.56 Å². The Bertz CT molecular complexity index is 1150. The fourth-order valence-corrected chi connectivity index (χ4v) is 4.90. The van der Waals surface area contributed by atoms with Crippen LogP contribution in [0.25, 0.3) is 5.70 Å². The Balaban J connectivity index is 1.82. The number of hydrogen-bond acceptors (Lipinski definition) is 5. The van der Waals surface area contributed by atoms with E-state index < -0.39 is 0 Å². The molecule has 1 N–H and O–H groups in total. The maximum Gasteiger partial charge on any atom is 0.276 e. The van der Waals surface area contributed by atoms with Crippen LogP contribution in [-0.4, -0.2) is 21.8 Å². The molecule has 0 bridgehead atoms. The first kappa shape index (κ1) is 22.1. The van der Waals surface area contributed by atoms with E-state index in [0.717, 1.165) is 39.2 Å². The first-order valence-corrected chi connectivity index (χ1v) is 12.4. The Labute approximate surface area is 195 Å². The van der Waals surface area contributed by atoms with Crippen LogP contribution in [0.5, 0.6) is 0 Å². The van der Waals surface area contributed by atoms with Crippen molar-refractivity contribution in [2.45, 2.75) is 52.1 Å². The predicted octanol–water partition coefficient (Wildman–Crippen LogP) is 4.42. The summed E-state index contributed by atoms with van der Waals surface area (Å²) >= 11 is 5.10. The van der Waals surface area contributed by atoms with Gasteiger partial charge in [-0.2, -0.15) is 0 Å². The van der Waals surface area contributed by atoms with Crippen molar-refractivity contribution in [2.24, 2.45) is 10.1 Å². The summed E-state index contributed by atoms with van der Waals surface area (Å²) in [5.41, 5.74) is 2.88. The van der Waals surface area contributed by atoms with Crippen molar-refractivity contribution in [1.82, 2.24) is 10.3 Å². The van der Waals surface area contributed by atoms with Gasteiger partial charge in [0, 0.05) is 15.4 Å². The van der Waals surface area contributed by atoms with Crippen molar-refractivity contribution in [3.63, 3.8) is 0 Å². The van der Waals surface area contributed by atoms with Crippen LogP contribution in [0.3, 0.4) is 0 Å². The number of carbonyl (C=O) groups is 1. The van der Waals surface area contributed by atoms with E-state index in [1.807, 2.05) is 18.2 Å². The molecule has 1 atom stereocenters. The summed E-state index contributed by atoms with van der Waals surface area (Å²) in [7, 11) is 0. The zero-order valence-electron chi connectivity index (χ0n) is 18.3. The summed E-state index contributed by atoms with van der Waals surface area (Å²) in [5, 5.41) is 11.8. The molecule has 0 fully saturated rings. The molecular formula is C24H27BrN4OS. The van der Waals surface area contributed by atoms with Crippen molar-refractivity contribution < 1.29 is 4.79 Å². The number of rotatable bonds is 4. The number of hydrogen-bond donors (Lipinski definition) is 1. The smallest absolute Gasteiger partial charge is 0.276 e. The number of nitrogens with zero attached hydrogens (tertiary/aromatic N) is 3. The van der Waals surface area contributed by atoms with Crippen LogP contribution >= 0.6 is 27.7 Å². The monoisotopic (exact) mass is 498 g/mol. The minimum absolute atomic E-state index is 0.0741. The van der Waals surface area contributed by atoms with Crippen LogP contribution in [-0.2, 0) is 10.2 Å². The largest absolute Gasteiger partial charge is 0.298 e. The Kier molecular flexibility index (Phi) is 6.26. The number of thioether (sulfide) groups is 1. The van der Waals surface area contributed by atoms with Crippen molar-refractivity contribution in [1.29, 1.82) is 0 Å². The Morgan fingerprint density at radius 1 is 1.16 bits per heavy atom. The quantitative estimate of drug-likeness (QED) is 0.634. The number of amides is 1. The van der Waals surface area contributed by atoms with Crippen molar-refractivity contribution in [3.05, 3.63) is 68.6 Å². The predicted molar refractivity (Wildman–Crippen MR) is 131 cm³/mol. The van der Waals surface area contributed by atoms with E-state index in [4.69, 9.17) is 10.1 Å². The van der Waals surface area contributed by atoms with Crippen LogP contribution in [0.2, 0.25) is 0 Å². The van der Waals surface area contributed by atoms with E-state index in [2.05, 4.69) is 73.2 Å². The molecular weight excluding hydrogens is 472 g/mol. The lowest BCUT2D eigenvalue weighted by Gasteiger charge is -2.34. The van der Waals surface area contributed by atoms with E-state index in [9.17, 15) is 4.79 Å². The molecule has 0 saturated carbocycles. The molecule has 4 rings (SSSR count). The van der Waals surface area contributed by atoms with Crippen LogP contribution in [0.4, 0.5) is 0 Å². The van der Waals surface area contributed by atoms with Gasteiger partial charge in [-0.1, -0.05) is 86.1 Å². The van der Waals surface area contributed by atoms with Gasteiger partial charge in [0.25, 0.3) is 5.91 Å². The Morgan fingerprint density at radius 2 is 1.90 bits per heavy atom. The third kappa shape index (κ3) is 4.58. The molecule has 1 amide bonds. The fourth-order valence-electron chi connectivity index (χ4n) is 3.60. The molecule has 2 aromatic carbocycles. The maximum absolute atomic E-state index is 13.2. The summed E-state index contributed by atoms with van der Waals surface area (Å²) < 4.78 is 0.904. The van der Waals surface area contributed by atoms with E-state index >= 15 is 0 Å². The maximum atomic E-state index is 13.2. The van der Waals surface area contributed by atoms with E-state index in [-0.39, 0.29) is 17.5 Å². The second kappa shape index (κ2) is 8.79. The average molecular weight is 499 g/mol. The number of fused-ring (bicyclic) bond motifs is 2. The molecule has 2 aromatic rings. The topological polar surface area (TPSA) is 57.1 Å². The SMILES string of the molecule is CCCCSC1=NN2C(=c3cc(Br)ccc3=NC2c2ccc(C(C)(C)C)cc2)C(=O)N1. The van der Waals surface area contributed by atoms with Crippen LogP contribution in [0.15, 0.2) is 57.0 Å². The second-order valence-electron chi connectivity index (χ2n) is 8.79. The molecule has 0 saturated heterocycles. The van der Waals surface area contributed by atoms with Gasteiger partial charge in [-0.3, -0.25) is 15.1 Å². The first-order chi connectivity index (χ1) is 14.8. The molecule has 5 nitrogen and oxygen atoms in total. The summed E-state index contributed by atoms with van der Waals surface area (Å²) in [4.78, 5) is 18.2. The van der Waals surface area contributed by atoms with E-state index in [0.29, 0.717) is 10.9 Å². The molecule has 0 aliphatic carbocycles. The molecule has 0 radical (unpaired) electrons. The van der Waals surface area contributed by atoms with Gasteiger partial charge in [0.1, 0.15) is 5.70 Å². The molecule has 31 heavy (non-hydrogen) atoms. The van der Waals surface area contributed by atoms with Crippen LogP contribution in [0.1, 0.15) is 57.8 Å². The van der Waals surface area contributed by atoms with Gasteiger partial charge in [-0.25, -0.2) is 5.01 Å². The molecule has 2 heterocycles. The number of unbranched alkanes of at least 4 members (excludes halogenated alkanes) is 1. The Morgan fingerprint density at radius 3 is 2.58 bits per heavy atom. The highest BCUT2D eigenvalue weighted by atomic mass is 79.9. The lowest BCUT2D eigenvalue weighted by Crippen LogP contribution is -2.50. The average Bonchev–Trinajstić information content (AvgIpc) is 2.72. The zero-order valence-corrected chi connectivity index (χ0v) is 20.7. The highest BCUT2D eigenvalue weighted by molar-refractivity contribution is 9.10. The van der Waals surface area contributed by atoms with Crippen molar-refractivity contribution in [3.8, 4) is 0 Å². The standard InChI is InChI=1S/C24H27BrN4OS/c1-5-6-13-31-23-27-22(30)20-18-14-17(25)11-12-19(18)26-21(29(20)28-23)15-7-9-16(10-8-15)24(2,3)4/h7-12,14,21H,5-6,13H2,1-4H3,(H,27,28,30). The molecule has 7 heteroatoms. The lowest BCUT2D eigenvalue weighted by molar-refractivity contribution is -0.116. The van der Waals surface area contributed by atoms with Gasteiger partial charge in [0.15, 0.2) is 11.3 Å². The lowest BCUT2D eigenvalue weighted by atomic mass is 9.86. The summed E-state index contributed by atoms with van der Waals surface area (Å²) in [6.45, 7) is 8.76. The third-order valence-electron chi connectivity index (χ3n) is 5.38. The first-order valence-electron chi connectivity index (χ1n) is 10.6. The van der Waals surface area contributed by atoms with Crippen LogP contribution in [0, 0.1) is 0 Å². The van der Waals surface area contributed by atoms with Crippen molar-refractivity contribution in [2.75, 3.05) is 5.75 Å². The molecule has 0 spiro atoms. The van der Waals surface area contributed by atoms with Gasteiger partial charge in [-0.05, 0) is 41.2 Å². The number of nitrogens with one attached hydrogen (secondary N) is 1. The summed E-state index contributed by atoms with van der Waals surface area (Å²) in [5.74, 6) is 0.780. The third-order valence-corrected chi connectivity index (χ3v) is 6.82.